The Morgan fingerprint density at radius 1 is 1.20 bits per heavy atom. The van der Waals surface area contributed by atoms with Crippen LogP contribution in [-0.4, -0.2) is 37.0 Å². The molecule has 0 aliphatic rings. The smallest absolute Gasteiger partial charge is 0.336 e. The quantitative estimate of drug-likeness (QED) is 0.555. The average molecular weight is 417 g/mol. The zero-order valence-electron chi connectivity index (χ0n) is 17.4. The summed E-state index contributed by atoms with van der Waals surface area (Å²) in [5.41, 5.74) is 1.25. The van der Waals surface area contributed by atoms with Gasteiger partial charge in [-0.1, -0.05) is 20.3 Å². The number of carbonyl (C=O) groups is 3. The molecule has 2 N–H and O–H groups in total. The number of benzene rings is 1. The Morgan fingerprint density at radius 3 is 2.53 bits per heavy atom. The van der Waals surface area contributed by atoms with Gasteiger partial charge in [0.2, 0.25) is 5.91 Å². The molecule has 0 fully saturated rings. The molecule has 2 aromatic rings. The van der Waals surface area contributed by atoms with E-state index in [1.165, 1.54) is 6.07 Å². The molecule has 2 rings (SSSR count). The fourth-order valence-corrected chi connectivity index (χ4v) is 2.92. The lowest BCUT2D eigenvalue weighted by Gasteiger charge is -2.25. The van der Waals surface area contributed by atoms with E-state index in [9.17, 15) is 24.3 Å². The maximum absolute atomic E-state index is 12.0. The second kappa shape index (κ2) is 9.91. The molecule has 0 spiro atoms. The first-order valence-corrected chi connectivity index (χ1v) is 9.57. The molecule has 0 aliphatic carbocycles. The van der Waals surface area contributed by atoms with Gasteiger partial charge in [0.05, 0.1) is 18.6 Å². The normalized spacial score (nSPS) is 12.8. The second-order valence-corrected chi connectivity index (χ2v) is 7.13. The number of hydrogen-bond donors (Lipinski definition) is 2. The number of carboxylic acid groups (broad SMARTS) is 1. The van der Waals surface area contributed by atoms with Crippen molar-refractivity contribution in [2.24, 2.45) is 5.92 Å². The Kier molecular flexibility index (Phi) is 7.57. The van der Waals surface area contributed by atoms with Crippen molar-refractivity contribution in [3.63, 3.8) is 0 Å². The highest BCUT2D eigenvalue weighted by atomic mass is 16.5. The van der Waals surface area contributed by atoms with Crippen molar-refractivity contribution in [1.82, 2.24) is 10.6 Å². The third-order valence-electron chi connectivity index (χ3n) is 4.91. The van der Waals surface area contributed by atoms with Crippen molar-refractivity contribution in [2.75, 3.05) is 13.2 Å². The summed E-state index contributed by atoms with van der Waals surface area (Å²) in [6, 6.07) is 3.67. The highest BCUT2D eigenvalue weighted by Gasteiger charge is 2.19. The fraction of sp³-hybridized carbons (Fsp3) is 0.429. The number of carbonyl (C=O) groups excluding carboxylic acids is 3. The standard InChI is InChI=1S/C21H26N2O7/c1-5-11(2)19(21(27)28)23-16(24)9-22-17(25)10-29-15-7-6-14-12(3)8-18(26)30-20(14)13(15)4/h6-8,11,19H,5,9-10H2,1-4H3,(H,22,25)(H,23,24)(H,27,28)/p-1/t11-,19-/m0/s1. The van der Waals surface area contributed by atoms with E-state index < -0.39 is 36.0 Å². The highest BCUT2D eigenvalue weighted by Crippen LogP contribution is 2.28. The molecule has 9 heteroatoms. The first kappa shape index (κ1) is 22.9. The van der Waals surface area contributed by atoms with Gasteiger partial charge < -0.3 is 29.7 Å². The number of aryl methyl sites for hydroxylation is 2. The van der Waals surface area contributed by atoms with Crippen LogP contribution in [0.25, 0.3) is 11.0 Å². The molecule has 0 saturated carbocycles. The molecule has 30 heavy (non-hydrogen) atoms. The van der Waals surface area contributed by atoms with Crippen LogP contribution in [0.2, 0.25) is 0 Å². The van der Waals surface area contributed by atoms with Crippen LogP contribution in [0.5, 0.6) is 5.75 Å². The Bertz CT molecular complexity index is 1010. The first-order chi connectivity index (χ1) is 14.1. The van der Waals surface area contributed by atoms with Gasteiger partial charge in [-0.25, -0.2) is 4.79 Å². The van der Waals surface area contributed by atoms with Crippen molar-refractivity contribution < 1.29 is 28.6 Å². The van der Waals surface area contributed by atoms with Gasteiger partial charge in [0.25, 0.3) is 5.91 Å². The van der Waals surface area contributed by atoms with E-state index in [0.29, 0.717) is 23.3 Å². The number of nitrogens with one attached hydrogen (secondary N) is 2. The summed E-state index contributed by atoms with van der Waals surface area (Å²) in [5, 5.41) is 16.6. The molecule has 0 aliphatic heterocycles. The van der Waals surface area contributed by atoms with Gasteiger partial charge in [-0.15, -0.1) is 0 Å². The van der Waals surface area contributed by atoms with Crippen molar-refractivity contribution in [3.05, 3.63) is 39.7 Å². The number of rotatable bonds is 9. The molecule has 9 nitrogen and oxygen atoms in total. The molecule has 2 amide bonds. The first-order valence-electron chi connectivity index (χ1n) is 9.57. The molecule has 1 aromatic carbocycles. The number of hydrogen-bond acceptors (Lipinski definition) is 7. The summed E-state index contributed by atoms with van der Waals surface area (Å²) in [5.74, 6) is -2.52. The summed E-state index contributed by atoms with van der Waals surface area (Å²) in [6.07, 6.45) is 0.546. The van der Waals surface area contributed by atoms with E-state index in [2.05, 4.69) is 10.6 Å². The van der Waals surface area contributed by atoms with E-state index in [1.54, 1.807) is 39.8 Å². The van der Waals surface area contributed by atoms with E-state index in [0.717, 1.165) is 10.9 Å². The topological polar surface area (TPSA) is 138 Å². The van der Waals surface area contributed by atoms with Crippen LogP contribution >= 0.6 is 0 Å². The van der Waals surface area contributed by atoms with Crippen LogP contribution in [0.3, 0.4) is 0 Å². The molecule has 162 valence electrons. The van der Waals surface area contributed by atoms with E-state index in [4.69, 9.17) is 9.15 Å². The maximum atomic E-state index is 12.0. The second-order valence-electron chi connectivity index (χ2n) is 7.13. The lowest BCUT2D eigenvalue weighted by atomic mass is 9.99. The Labute approximate surface area is 173 Å². The van der Waals surface area contributed by atoms with Gasteiger partial charge in [0.15, 0.2) is 6.61 Å². The fourth-order valence-electron chi connectivity index (χ4n) is 2.92. The molecule has 2 atom stereocenters. The molecule has 0 unspecified atom stereocenters. The molecular formula is C21H25N2O7-. The van der Waals surface area contributed by atoms with Crippen LogP contribution in [0.15, 0.2) is 27.4 Å². The molecular weight excluding hydrogens is 392 g/mol. The summed E-state index contributed by atoms with van der Waals surface area (Å²) in [7, 11) is 0. The van der Waals surface area contributed by atoms with Gasteiger partial charge in [0, 0.05) is 17.0 Å². The molecule has 1 heterocycles. The number of amides is 2. The van der Waals surface area contributed by atoms with Gasteiger partial charge in [-0.3, -0.25) is 9.59 Å². The molecule has 0 bridgehead atoms. The third-order valence-corrected chi connectivity index (χ3v) is 4.91. The van der Waals surface area contributed by atoms with E-state index >= 15 is 0 Å². The number of ether oxygens (including phenoxy) is 1. The molecule has 0 radical (unpaired) electrons. The van der Waals surface area contributed by atoms with Gasteiger partial charge >= 0.3 is 5.63 Å². The van der Waals surface area contributed by atoms with Crippen molar-refractivity contribution in [1.29, 1.82) is 0 Å². The summed E-state index contributed by atoms with van der Waals surface area (Å²) < 4.78 is 10.7. The van der Waals surface area contributed by atoms with Crippen LogP contribution < -0.4 is 26.1 Å². The number of carboxylic acids is 1. The largest absolute Gasteiger partial charge is 0.548 e. The zero-order chi connectivity index (χ0) is 22.4. The van der Waals surface area contributed by atoms with Crippen LogP contribution in [0, 0.1) is 19.8 Å². The highest BCUT2D eigenvalue weighted by molar-refractivity contribution is 5.88. The third kappa shape index (κ3) is 5.59. The lowest BCUT2D eigenvalue weighted by molar-refractivity contribution is -0.309. The molecule has 0 saturated heterocycles. The maximum Gasteiger partial charge on any atom is 0.336 e. The SMILES string of the molecule is CC[C@H](C)[C@H](NC(=O)CNC(=O)COc1ccc2c(C)cc(=O)oc2c1C)C(=O)[O-]. The summed E-state index contributed by atoms with van der Waals surface area (Å²) >= 11 is 0. The van der Waals surface area contributed by atoms with Gasteiger partial charge in [-0.2, -0.15) is 0 Å². The number of fused-ring (bicyclic) bond motifs is 1. The van der Waals surface area contributed by atoms with Gasteiger partial charge in [-0.05, 0) is 37.5 Å². The van der Waals surface area contributed by atoms with Crippen molar-refractivity contribution >= 4 is 28.8 Å². The zero-order valence-corrected chi connectivity index (χ0v) is 17.4. The monoisotopic (exact) mass is 417 g/mol. The van der Waals surface area contributed by atoms with E-state index in [-0.39, 0.29) is 12.5 Å². The van der Waals surface area contributed by atoms with Crippen LogP contribution in [-0.2, 0) is 14.4 Å². The average Bonchev–Trinajstić information content (AvgIpc) is 2.69. The lowest BCUT2D eigenvalue weighted by Crippen LogP contribution is -2.53. The van der Waals surface area contributed by atoms with Crippen LogP contribution in [0.4, 0.5) is 0 Å². The minimum atomic E-state index is -1.37. The van der Waals surface area contributed by atoms with Gasteiger partial charge in [0.1, 0.15) is 11.3 Å². The van der Waals surface area contributed by atoms with E-state index in [1.807, 2.05) is 0 Å². The van der Waals surface area contributed by atoms with Crippen LogP contribution in [0.1, 0.15) is 31.4 Å². The molecule has 1 aromatic heterocycles. The summed E-state index contributed by atoms with van der Waals surface area (Å²) in [6.45, 7) is 6.22. The predicted molar refractivity (Wildman–Crippen MR) is 107 cm³/mol. The minimum absolute atomic E-state index is 0.308. The Hall–Kier alpha value is -3.36. The minimum Gasteiger partial charge on any atom is -0.548 e. The van der Waals surface area contributed by atoms with Crippen molar-refractivity contribution in [3.8, 4) is 5.75 Å². The predicted octanol–water partition coefficient (Wildman–Crippen LogP) is 0.186. The number of aliphatic carboxylic acids is 1. The van der Waals surface area contributed by atoms with Crippen molar-refractivity contribution in [2.45, 2.75) is 40.2 Å². The Morgan fingerprint density at radius 2 is 1.90 bits per heavy atom. The Balaban J connectivity index is 1.93. The summed E-state index contributed by atoms with van der Waals surface area (Å²) in [4.78, 5) is 46.7.